The molecule has 0 fully saturated rings. The average molecular weight is 491 g/mol. The van der Waals surface area contributed by atoms with Crippen molar-refractivity contribution in [3.05, 3.63) is 51.4 Å². The Morgan fingerprint density at radius 2 is 1.82 bits per heavy atom. The van der Waals surface area contributed by atoms with Crippen LogP contribution in [0.4, 0.5) is 0 Å². The smallest absolute Gasteiger partial charge is 0.340 e. The second-order valence-electron chi connectivity index (χ2n) is 9.01. The summed E-state index contributed by atoms with van der Waals surface area (Å²) in [6.45, 7) is 5.61. The van der Waals surface area contributed by atoms with Gasteiger partial charge in [0.05, 0.1) is 19.2 Å². The Balaban J connectivity index is 1.65. The quantitative estimate of drug-likeness (QED) is 0.578. The summed E-state index contributed by atoms with van der Waals surface area (Å²) < 4.78 is 33.9. The van der Waals surface area contributed by atoms with E-state index in [1.807, 2.05) is 24.3 Å². The maximum Gasteiger partial charge on any atom is 0.340 e. The lowest BCUT2D eigenvalue weighted by Gasteiger charge is -2.28. The van der Waals surface area contributed by atoms with Crippen LogP contribution in [0.3, 0.4) is 0 Å². The van der Waals surface area contributed by atoms with E-state index < -0.39 is 16.0 Å². The van der Waals surface area contributed by atoms with Gasteiger partial charge < -0.3 is 9.64 Å². The van der Waals surface area contributed by atoms with E-state index in [1.54, 1.807) is 4.90 Å². The van der Waals surface area contributed by atoms with Crippen molar-refractivity contribution < 1.29 is 22.7 Å². The molecule has 2 aromatic rings. The molecule has 0 saturated heterocycles. The fourth-order valence-corrected chi connectivity index (χ4v) is 7.90. The molecule has 3 heterocycles. The second-order valence-corrected chi connectivity index (χ2v) is 12.3. The summed E-state index contributed by atoms with van der Waals surface area (Å²) in [4.78, 5) is 27.9. The number of carbonyl (C=O) groups is 2. The molecule has 4 rings (SSSR count). The Hall–Kier alpha value is -2.23. The van der Waals surface area contributed by atoms with Crippen LogP contribution in [0, 0.1) is 5.92 Å². The summed E-state index contributed by atoms with van der Waals surface area (Å²) in [5, 5.41) is 0. The third-order valence-corrected chi connectivity index (χ3v) is 9.93. The Morgan fingerprint density at radius 1 is 1.09 bits per heavy atom. The maximum atomic E-state index is 13.7. The predicted molar refractivity (Wildman–Crippen MR) is 127 cm³/mol. The zero-order valence-corrected chi connectivity index (χ0v) is 20.9. The van der Waals surface area contributed by atoms with Gasteiger partial charge in [0.2, 0.25) is 5.91 Å². The SMILES string of the molecule is COC(=O)c1c(S(=O)(=O)N2CCc3ccccc3C2)sc2c1CCN(C(=O)CCC(C)C)C2. The molecular weight excluding hydrogens is 460 g/mol. The van der Waals surface area contributed by atoms with Crippen LogP contribution in [0.1, 0.15) is 58.6 Å². The first-order chi connectivity index (χ1) is 15.7. The monoisotopic (exact) mass is 490 g/mol. The minimum absolute atomic E-state index is 0.0372. The van der Waals surface area contributed by atoms with Crippen LogP contribution in [0.25, 0.3) is 0 Å². The maximum absolute atomic E-state index is 13.7. The molecular formula is C24H30N2O5S2. The van der Waals surface area contributed by atoms with Crippen molar-refractivity contribution in [2.75, 3.05) is 20.2 Å². The summed E-state index contributed by atoms with van der Waals surface area (Å²) in [6.07, 6.45) is 2.37. The van der Waals surface area contributed by atoms with Gasteiger partial charge in [-0.15, -0.1) is 11.3 Å². The van der Waals surface area contributed by atoms with Crippen LogP contribution in [0.15, 0.2) is 28.5 Å². The van der Waals surface area contributed by atoms with E-state index in [1.165, 1.54) is 11.4 Å². The van der Waals surface area contributed by atoms with Gasteiger partial charge >= 0.3 is 5.97 Å². The van der Waals surface area contributed by atoms with Gasteiger partial charge in [-0.3, -0.25) is 4.79 Å². The lowest BCUT2D eigenvalue weighted by atomic mass is 10.0. The molecule has 0 unspecified atom stereocenters. The summed E-state index contributed by atoms with van der Waals surface area (Å²) in [7, 11) is -2.63. The van der Waals surface area contributed by atoms with Crippen molar-refractivity contribution in [3.63, 3.8) is 0 Å². The zero-order valence-electron chi connectivity index (χ0n) is 19.3. The van der Waals surface area contributed by atoms with E-state index in [4.69, 9.17) is 4.74 Å². The van der Waals surface area contributed by atoms with Gasteiger partial charge in [-0.1, -0.05) is 38.1 Å². The summed E-state index contributed by atoms with van der Waals surface area (Å²) in [6, 6.07) is 7.83. The number of fused-ring (bicyclic) bond motifs is 2. The van der Waals surface area contributed by atoms with Gasteiger partial charge in [0.1, 0.15) is 4.21 Å². The molecule has 0 aliphatic carbocycles. The average Bonchev–Trinajstić information content (AvgIpc) is 3.21. The van der Waals surface area contributed by atoms with Crippen LogP contribution in [-0.4, -0.2) is 49.7 Å². The van der Waals surface area contributed by atoms with Crippen molar-refractivity contribution >= 4 is 33.2 Å². The minimum atomic E-state index is -3.90. The number of amides is 1. The summed E-state index contributed by atoms with van der Waals surface area (Å²) >= 11 is 1.11. The van der Waals surface area contributed by atoms with Gasteiger partial charge in [0.15, 0.2) is 0 Å². The first-order valence-corrected chi connectivity index (χ1v) is 13.6. The number of thiophene rings is 1. The van der Waals surface area contributed by atoms with Gasteiger partial charge in [-0.25, -0.2) is 13.2 Å². The lowest BCUT2D eigenvalue weighted by Crippen LogP contribution is -2.36. The molecule has 7 nitrogen and oxygen atoms in total. The number of carbonyl (C=O) groups excluding carboxylic acids is 2. The first-order valence-electron chi connectivity index (χ1n) is 11.3. The van der Waals surface area contributed by atoms with Crippen molar-refractivity contribution in [3.8, 4) is 0 Å². The highest BCUT2D eigenvalue weighted by Gasteiger charge is 2.38. The van der Waals surface area contributed by atoms with Crippen molar-refractivity contribution in [2.24, 2.45) is 5.92 Å². The molecule has 9 heteroatoms. The molecule has 0 bridgehead atoms. The second kappa shape index (κ2) is 9.56. The van der Waals surface area contributed by atoms with Gasteiger partial charge in [0, 0.05) is 30.9 Å². The number of hydrogen-bond acceptors (Lipinski definition) is 6. The third kappa shape index (κ3) is 4.72. The van der Waals surface area contributed by atoms with Crippen LogP contribution in [0.5, 0.6) is 0 Å². The normalized spacial score (nSPS) is 16.4. The third-order valence-electron chi connectivity index (χ3n) is 6.37. The highest BCUT2D eigenvalue weighted by molar-refractivity contribution is 7.91. The topological polar surface area (TPSA) is 84.0 Å². The molecule has 1 aromatic heterocycles. The number of ether oxygens (including phenoxy) is 1. The molecule has 0 radical (unpaired) electrons. The number of benzene rings is 1. The molecule has 178 valence electrons. The van der Waals surface area contributed by atoms with E-state index in [2.05, 4.69) is 13.8 Å². The van der Waals surface area contributed by atoms with E-state index in [0.29, 0.717) is 50.4 Å². The number of hydrogen-bond donors (Lipinski definition) is 0. The number of sulfonamides is 1. The molecule has 2 aliphatic rings. The van der Waals surface area contributed by atoms with Gasteiger partial charge in [-0.05, 0) is 41.9 Å². The molecule has 0 saturated carbocycles. The van der Waals surface area contributed by atoms with Crippen molar-refractivity contribution in [1.29, 1.82) is 0 Å². The molecule has 2 aliphatic heterocycles. The van der Waals surface area contributed by atoms with E-state index in [-0.39, 0.29) is 22.2 Å². The summed E-state index contributed by atoms with van der Waals surface area (Å²) in [5.41, 5.74) is 2.98. The van der Waals surface area contributed by atoms with Gasteiger partial charge in [-0.2, -0.15) is 4.31 Å². The largest absolute Gasteiger partial charge is 0.465 e. The number of methoxy groups -OCH3 is 1. The van der Waals surface area contributed by atoms with Crippen LogP contribution in [-0.2, 0) is 45.5 Å². The molecule has 0 N–H and O–H groups in total. The molecule has 1 amide bonds. The Labute approximate surface area is 199 Å². The molecule has 0 atom stereocenters. The predicted octanol–water partition coefficient (Wildman–Crippen LogP) is 3.60. The van der Waals surface area contributed by atoms with Crippen LogP contribution < -0.4 is 0 Å². The summed E-state index contributed by atoms with van der Waals surface area (Å²) in [5.74, 6) is -0.129. The molecule has 0 spiro atoms. The fraction of sp³-hybridized carbons (Fsp3) is 0.500. The van der Waals surface area contributed by atoms with Crippen LogP contribution in [0.2, 0.25) is 0 Å². The van der Waals surface area contributed by atoms with Crippen LogP contribution >= 0.6 is 11.3 Å². The van der Waals surface area contributed by atoms with Crippen molar-refractivity contribution in [1.82, 2.24) is 9.21 Å². The number of esters is 1. The fourth-order valence-electron chi connectivity index (χ4n) is 4.44. The van der Waals surface area contributed by atoms with E-state index in [9.17, 15) is 18.0 Å². The standard InChI is InChI=1S/C24H30N2O5S2/c1-16(2)8-9-21(27)25-12-11-19-20(15-25)32-24(22(19)23(28)31-3)33(29,30)26-13-10-17-6-4-5-7-18(17)14-26/h4-7,16H,8-15H2,1-3H3. The van der Waals surface area contributed by atoms with E-state index in [0.717, 1.165) is 33.8 Å². The Kier molecular flexibility index (Phi) is 6.93. The van der Waals surface area contributed by atoms with E-state index >= 15 is 0 Å². The highest BCUT2D eigenvalue weighted by atomic mass is 32.2. The Morgan fingerprint density at radius 3 is 2.52 bits per heavy atom. The lowest BCUT2D eigenvalue weighted by molar-refractivity contribution is -0.132. The Bertz CT molecular complexity index is 1170. The first kappa shape index (κ1) is 23.9. The van der Waals surface area contributed by atoms with Crippen molar-refractivity contribution in [2.45, 2.75) is 56.8 Å². The molecule has 33 heavy (non-hydrogen) atoms. The van der Waals surface area contributed by atoms with Gasteiger partial charge in [0.25, 0.3) is 10.0 Å². The minimum Gasteiger partial charge on any atom is -0.465 e. The number of nitrogens with zero attached hydrogens (tertiary/aromatic N) is 2. The number of rotatable bonds is 6. The molecule has 1 aromatic carbocycles. The highest BCUT2D eigenvalue weighted by Crippen LogP contribution is 2.39. The zero-order chi connectivity index (χ0) is 23.8.